The van der Waals surface area contributed by atoms with Crippen molar-refractivity contribution in [1.29, 1.82) is 0 Å². The molecule has 5 nitrogen and oxygen atoms in total. The number of fused-ring (bicyclic) bond motifs is 1. The van der Waals surface area contributed by atoms with Crippen molar-refractivity contribution in [2.24, 2.45) is 0 Å². The Morgan fingerprint density at radius 3 is 2.68 bits per heavy atom. The third-order valence-corrected chi connectivity index (χ3v) is 3.51. The van der Waals surface area contributed by atoms with Crippen molar-refractivity contribution in [2.75, 3.05) is 6.54 Å². The van der Waals surface area contributed by atoms with Crippen LogP contribution in [0.15, 0.2) is 36.7 Å². The highest BCUT2D eigenvalue weighted by molar-refractivity contribution is 6.58. The Balaban J connectivity index is 1.66. The molecule has 1 aliphatic heterocycles. The van der Waals surface area contributed by atoms with Crippen molar-refractivity contribution in [2.45, 2.75) is 19.6 Å². The first-order valence-corrected chi connectivity index (χ1v) is 6.40. The highest BCUT2D eigenvalue weighted by atomic mass is 16.4. The standard InChI is InChI=1S/C13H16BN3O2/c18-14(19)12-3-1-11(2-4-12)9-16-7-8-17-6-5-15-13(17)10-16/h1-6,18-19H,7-10H2. The van der Waals surface area contributed by atoms with Gasteiger partial charge in [-0.05, 0) is 11.0 Å². The van der Waals surface area contributed by atoms with Crippen LogP contribution in [0.2, 0.25) is 0 Å². The first kappa shape index (κ1) is 12.4. The molecule has 0 atom stereocenters. The summed E-state index contributed by atoms with van der Waals surface area (Å²) in [6.07, 6.45) is 3.86. The van der Waals surface area contributed by atoms with E-state index in [9.17, 15) is 0 Å². The minimum Gasteiger partial charge on any atom is -0.423 e. The van der Waals surface area contributed by atoms with Crippen LogP contribution in [0.25, 0.3) is 0 Å². The van der Waals surface area contributed by atoms with Gasteiger partial charge in [-0.3, -0.25) is 4.90 Å². The third-order valence-electron chi connectivity index (χ3n) is 3.51. The van der Waals surface area contributed by atoms with Crippen LogP contribution >= 0.6 is 0 Å². The van der Waals surface area contributed by atoms with Gasteiger partial charge in [0.05, 0.1) is 6.54 Å². The Morgan fingerprint density at radius 2 is 1.95 bits per heavy atom. The molecule has 0 saturated carbocycles. The molecule has 0 amide bonds. The molecule has 0 fully saturated rings. The van der Waals surface area contributed by atoms with Crippen LogP contribution in [0, 0.1) is 0 Å². The van der Waals surface area contributed by atoms with Crippen LogP contribution in [0.3, 0.4) is 0 Å². The predicted molar refractivity (Wildman–Crippen MR) is 72.6 cm³/mol. The van der Waals surface area contributed by atoms with Gasteiger partial charge in [-0.1, -0.05) is 24.3 Å². The molecule has 0 bridgehead atoms. The number of benzene rings is 1. The molecule has 2 heterocycles. The summed E-state index contributed by atoms with van der Waals surface area (Å²) < 4.78 is 2.18. The lowest BCUT2D eigenvalue weighted by Gasteiger charge is -2.27. The van der Waals surface area contributed by atoms with Crippen molar-refractivity contribution < 1.29 is 10.0 Å². The molecule has 19 heavy (non-hydrogen) atoms. The van der Waals surface area contributed by atoms with E-state index >= 15 is 0 Å². The molecule has 98 valence electrons. The normalized spacial score (nSPS) is 15.3. The van der Waals surface area contributed by atoms with Crippen LogP contribution < -0.4 is 5.46 Å². The van der Waals surface area contributed by atoms with Crippen LogP contribution in [-0.4, -0.2) is 38.2 Å². The molecular formula is C13H16BN3O2. The minimum absolute atomic E-state index is 0.526. The lowest BCUT2D eigenvalue weighted by molar-refractivity contribution is 0.209. The summed E-state index contributed by atoms with van der Waals surface area (Å²) in [5.41, 5.74) is 1.70. The van der Waals surface area contributed by atoms with E-state index in [1.165, 1.54) is 5.56 Å². The zero-order valence-electron chi connectivity index (χ0n) is 10.6. The summed E-state index contributed by atoms with van der Waals surface area (Å²) in [7, 11) is -1.39. The average Bonchev–Trinajstić information content (AvgIpc) is 2.87. The van der Waals surface area contributed by atoms with E-state index in [0.717, 1.165) is 32.0 Å². The van der Waals surface area contributed by atoms with Crippen molar-refractivity contribution in [3.63, 3.8) is 0 Å². The van der Waals surface area contributed by atoms with E-state index in [4.69, 9.17) is 10.0 Å². The molecule has 2 N–H and O–H groups in total. The summed E-state index contributed by atoms with van der Waals surface area (Å²) >= 11 is 0. The zero-order chi connectivity index (χ0) is 13.2. The number of imidazole rings is 1. The summed E-state index contributed by atoms with van der Waals surface area (Å²) in [5.74, 6) is 1.11. The van der Waals surface area contributed by atoms with Crippen molar-refractivity contribution in [3.05, 3.63) is 48.0 Å². The maximum Gasteiger partial charge on any atom is 0.488 e. The molecule has 0 aliphatic carbocycles. The summed E-state index contributed by atoms with van der Waals surface area (Å²) in [6.45, 7) is 3.70. The molecule has 2 aromatic rings. The summed E-state index contributed by atoms with van der Waals surface area (Å²) in [6, 6.07) is 7.39. The summed E-state index contributed by atoms with van der Waals surface area (Å²) in [5, 5.41) is 18.1. The fourth-order valence-corrected chi connectivity index (χ4v) is 2.41. The smallest absolute Gasteiger partial charge is 0.423 e. The van der Waals surface area contributed by atoms with E-state index in [1.54, 1.807) is 12.1 Å². The zero-order valence-corrected chi connectivity index (χ0v) is 10.6. The number of rotatable bonds is 3. The molecule has 3 rings (SSSR count). The maximum absolute atomic E-state index is 9.06. The van der Waals surface area contributed by atoms with Gasteiger partial charge in [0.15, 0.2) is 0 Å². The third kappa shape index (κ3) is 2.70. The second-order valence-electron chi connectivity index (χ2n) is 4.86. The van der Waals surface area contributed by atoms with E-state index in [0.29, 0.717) is 5.46 Å². The van der Waals surface area contributed by atoms with E-state index in [2.05, 4.69) is 14.5 Å². The molecule has 1 aliphatic rings. The predicted octanol–water partition coefficient (Wildman–Crippen LogP) is -0.421. The van der Waals surface area contributed by atoms with Crippen LogP contribution in [-0.2, 0) is 19.6 Å². The Morgan fingerprint density at radius 1 is 1.16 bits per heavy atom. The monoisotopic (exact) mass is 257 g/mol. The number of hydrogen-bond donors (Lipinski definition) is 2. The Kier molecular flexibility index (Phi) is 3.37. The van der Waals surface area contributed by atoms with Gasteiger partial charge in [-0.15, -0.1) is 0 Å². The van der Waals surface area contributed by atoms with Gasteiger partial charge in [0, 0.05) is 32.0 Å². The topological polar surface area (TPSA) is 61.5 Å². The maximum atomic E-state index is 9.06. The van der Waals surface area contributed by atoms with Gasteiger partial charge in [0.1, 0.15) is 5.82 Å². The number of hydrogen-bond acceptors (Lipinski definition) is 4. The second kappa shape index (κ2) is 5.17. The Bertz CT molecular complexity index is 553. The molecule has 6 heteroatoms. The largest absolute Gasteiger partial charge is 0.488 e. The van der Waals surface area contributed by atoms with Crippen molar-refractivity contribution in [1.82, 2.24) is 14.5 Å². The summed E-state index contributed by atoms with van der Waals surface area (Å²) in [4.78, 5) is 6.68. The fraction of sp³-hybridized carbons (Fsp3) is 0.308. The number of nitrogens with zero attached hydrogens (tertiary/aromatic N) is 3. The van der Waals surface area contributed by atoms with E-state index in [-0.39, 0.29) is 0 Å². The average molecular weight is 257 g/mol. The van der Waals surface area contributed by atoms with Gasteiger partial charge >= 0.3 is 7.12 Å². The molecule has 0 saturated heterocycles. The van der Waals surface area contributed by atoms with E-state index in [1.807, 2.05) is 24.5 Å². The molecule has 0 unspecified atom stereocenters. The van der Waals surface area contributed by atoms with Crippen LogP contribution in [0.1, 0.15) is 11.4 Å². The molecule has 1 aromatic carbocycles. The van der Waals surface area contributed by atoms with Gasteiger partial charge in [0.2, 0.25) is 0 Å². The number of aromatic nitrogens is 2. The van der Waals surface area contributed by atoms with Gasteiger partial charge in [0.25, 0.3) is 0 Å². The quantitative estimate of drug-likeness (QED) is 0.733. The van der Waals surface area contributed by atoms with Gasteiger partial charge in [-0.2, -0.15) is 0 Å². The highest BCUT2D eigenvalue weighted by Gasteiger charge is 2.17. The first-order valence-electron chi connectivity index (χ1n) is 6.40. The van der Waals surface area contributed by atoms with Crippen molar-refractivity contribution in [3.8, 4) is 0 Å². The Labute approximate surface area is 112 Å². The molecule has 1 aromatic heterocycles. The molecule has 0 radical (unpaired) electrons. The minimum atomic E-state index is -1.39. The lowest BCUT2D eigenvalue weighted by Crippen LogP contribution is -2.33. The van der Waals surface area contributed by atoms with Crippen molar-refractivity contribution >= 4 is 12.6 Å². The second-order valence-corrected chi connectivity index (χ2v) is 4.86. The first-order chi connectivity index (χ1) is 9.22. The SMILES string of the molecule is OB(O)c1ccc(CN2CCn3ccnc3C2)cc1. The fourth-order valence-electron chi connectivity index (χ4n) is 2.41. The molecule has 0 spiro atoms. The lowest BCUT2D eigenvalue weighted by atomic mass is 9.80. The van der Waals surface area contributed by atoms with E-state index < -0.39 is 7.12 Å². The van der Waals surface area contributed by atoms with Crippen LogP contribution in [0.5, 0.6) is 0 Å². The van der Waals surface area contributed by atoms with Gasteiger partial charge < -0.3 is 14.6 Å². The highest BCUT2D eigenvalue weighted by Crippen LogP contribution is 2.13. The molecular weight excluding hydrogens is 241 g/mol. The van der Waals surface area contributed by atoms with Gasteiger partial charge in [-0.25, -0.2) is 4.98 Å². The van der Waals surface area contributed by atoms with Crippen LogP contribution in [0.4, 0.5) is 0 Å². The Hall–Kier alpha value is -1.63.